The van der Waals surface area contributed by atoms with Crippen molar-refractivity contribution in [1.29, 1.82) is 0 Å². The first-order chi connectivity index (χ1) is 20.1. The van der Waals surface area contributed by atoms with E-state index in [0.29, 0.717) is 18.7 Å². The molecule has 7 rings (SSSR count). The van der Waals surface area contributed by atoms with Crippen LogP contribution in [0.3, 0.4) is 0 Å². The Kier molecular flexibility index (Phi) is 6.31. The second kappa shape index (κ2) is 10.3. The van der Waals surface area contributed by atoms with Crippen LogP contribution in [0.2, 0.25) is 0 Å². The van der Waals surface area contributed by atoms with Gasteiger partial charge in [0.1, 0.15) is 6.54 Å². The van der Waals surface area contributed by atoms with Gasteiger partial charge in [0.05, 0.1) is 11.7 Å². The summed E-state index contributed by atoms with van der Waals surface area (Å²) in [6.07, 6.45) is 0. The van der Waals surface area contributed by atoms with Gasteiger partial charge in [-0.3, -0.25) is 9.59 Å². The number of benzene rings is 4. The number of anilines is 1. The summed E-state index contributed by atoms with van der Waals surface area (Å²) in [6.45, 7) is 4.93. The van der Waals surface area contributed by atoms with Gasteiger partial charge >= 0.3 is 0 Å². The molecule has 0 radical (unpaired) electrons. The summed E-state index contributed by atoms with van der Waals surface area (Å²) >= 11 is 0. The highest BCUT2D eigenvalue weighted by molar-refractivity contribution is 6.03. The number of H-pyrrole nitrogens is 1. The van der Waals surface area contributed by atoms with Crippen molar-refractivity contribution in [2.45, 2.75) is 13.0 Å². The second-order valence-electron chi connectivity index (χ2n) is 11.0. The fourth-order valence-electron chi connectivity index (χ4n) is 6.34. The van der Waals surface area contributed by atoms with E-state index in [-0.39, 0.29) is 24.4 Å². The van der Waals surface area contributed by atoms with Crippen LogP contribution in [-0.2, 0) is 4.79 Å². The zero-order chi connectivity index (χ0) is 27.9. The SMILES string of the molecule is Cc1ccc(-c2[nH]c3ccccc3c2C2c3ccccc3C(=O)N2CC(=O)N2CCN(c3ccccc3)CC2)cc1. The molecular formula is C35H32N4O2. The Hall–Kier alpha value is -4.84. The number of hydrogen-bond donors (Lipinski definition) is 1. The molecule has 0 bridgehead atoms. The van der Waals surface area contributed by atoms with Crippen molar-refractivity contribution in [1.82, 2.24) is 14.8 Å². The molecule has 204 valence electrons. The number of piperazine rings is 1. The zero-order valence-electron chi connectivity index (χ0n) is 23.1. The third-order valence-corrected chi connectivity index (χ3v) is 8.48. The van der Waals surface area contributed by atoms with Crippen LogP contribution in [0.15, 0.2) is 103 Å². The van der Waals surface area contributed by atoms with Gasteiger partial charge in [-0.25, -0.2) is 0 Å². The van der Waals surface area contributed by atoms with E-state index in [1.54, 1.807) is 4.90 Å². The first kappa shape index (κ1) is 25.1. The van der Waals surface area contributed by atoms with Crippen LogP contribution in [0.4, 0.5) is 5.69 Å². The molecular weight excluding hydrogens is 508 g/mol. The van der Waals surface area contributed by atoms with Crippen molar-refractivity contribution in [2.75, 3.05) is 37.6 Å². The van der Waals surface area contributed by atoms with Crippen LogP contribution in [-0.4, -0.2) is 59.3 Å². The lowest BCUT2D eigenvalue weighted by Crippen LogP contribution is -2.51. The van der Waals surface area contributed by atoms with E-state index in [9.17, 15) is 9.59 Å². The monoisotopic (exact) mass is 540 g/mol. The number of aryl methyl sites for hydroxylation is 1. The number of aromatic amines is 1. The third kappa shape index (κ3) is 4.45. The maximum absolute atomic E-state index is 13.9. The molecule has 6 nitrogen and oxygen atoms in total. The topological polar surface area (TPSA) is 59.7 Å². The van der Waals surface area contributed by atoms with Crippen molar-refractivity contribution in [3.05, 3.63) is 125 Å². The van der Waals surface area contributed by atoms with Gasteiger partial charge in [-0.05, 0) is 42.3 Å². The molecule has 0 spiro atoms. The zero-order valence-corrected chi connectivity index (χ0v) is 23.1. The molecule has 1 aromatic heterocycles. The highest BCUT2D eigenvalue weighted by Crippen LogP contribution is 2.45. The number of carbonyl (C=O) groups is 2. The highest BCUT2D eigenvalue weighted by atomic mass is 16.2. The van der Waals surface area contributed by atoms with Crippen LogP contribution in [0.1, 0.15) is 33.1 Å². The molecule has 1 fully saturated rings. The molecule has 0 saturated carbocycles. The molecule has 1 atom stereocenters. The predicted molar refractivity (Wildman–Crippen MR) is 163 cm³/mol. The van der Waals surface area contributed by atoms with Gasteiger partial charge in [-0.15, -0.1) is 0 Å². The van der Waals surface area contributed by atoms with Gasteiger partial charge in [0.15, 0.2) is 0 Å². The number of fused-ring (bicyclic) bond motifs is 2. The van der Waals surface area contributed by atoms with E-state index in [1.165, 1.54) is 11.3 Å². The molecule has 41 heavy (non-hydrogen) atoms. The Balaban J connectivity index is 1.24. The summed E-state index contributed by atoms with van der Waals surface area (Å²) in [5.41, 5.74) is 8.05. The first-order valence-corrected chi connectivity index (χ1v) is 14.2. The lowest BCUT2D eigenvalue weighted by atomic mass is 9.93. The van der Waals surface area contributed by atoms with Gasteiger partial charge in [0, 0.05) is 53.9 Å². The second-order valence-corrected chi connectivity index (χ2v) is 11.0. The quantitative estimate of drug-likeness (QED) is 0.296. The van der Waals surface area contributed by atoms with Crippen LogP contribution >= 0.6 is 0 Å². The summed E-state index contributed by atoms with van der Waals surface area (Å²) < 4.78 is 0. The molecule has 0 aliphatic carbocycles. The lowest BCUT2D eigenvalue weighted by molar-refractivity contribution is -0.132. The maximum Gasteiger partial charge on any atom is 0.255 e. The molecule has 2 aliphatic heterocycles. The number of nitrogens with one attached hydrogen (secondary N) is 1. The number of rotatable bonds is 5. The molecule has 1 unspecified atom stereocenters. The van der Waals surface area contributed by atoms with E-state index in [1.807, 2.05) is 59.5 Å². The Bertz CT molecular complexity index is 1730. The van der Waals surface area contributed by atoms with Crippen LogP contribution in [0.5, 0.6) is 0 Å². The molecule has 6 heteroatoms. The third-order valence-electron chi connectivity index (χ3n) is 8.48. The molecule has 3 heterocycles. The van der Waals surface area contributed by atoms with Crippen molar-refractivity contribution in [3.63, 3.8) is 0 Å². The molecule has 1 N–H and O–H groups in total. The van der Waals surface area contributed by atoms with Crippen LogP contribution < -0.4 is 4.90 Å². The number of nitrogens with zero attached hydrogens (tertiary/aromatic N) is 3. The average Bonchev–Trinajstić information content (AvgIpc) is 3.53. The predicted octanol–water partition coefficient (Wildman–Crippen LogP) is 6.04. The van der Waals surface area contributed by atoms with Gasteiger partial charge in [0.25, 0.3) is 5.91 Å². The maximum atomic E-state index is 13.9. The molecule has 2 amide bonds. The Morgan fingerprint density at radius 1 is 0.805 bits per heavy atom. The fourth-order valence-corrected chi connectivity index (χ4v) is 6.34. The van der Waals surface area contributed by atoms with Gasteiger partial charge in [-0.1, -0.05) is 84.4 Å². The van der Waals surface area contributed by atoms with Gasteiger partial charge < -0.3 is 19.7 Å². The molecule has 2 aliphatic rings. The van der Waals surface area contributed by atoms with Crippen molar-refractivity contribution in [2.24, 2.45) is 0 Å². The highest BCUT2D eigenvalue weighted by Gasteiger charge is 2.41. The van der Waals surface area contributed by atoms with E-state index in [2.05, 4.69) is 65.3 Å². The lowest BCUT2D eigenvalue weighted by Gasteiger charge is -2.37. The number of carbonyl (C=O) groups excluding carboxylic acids is 2. The number of aromatic nitrogens is 1. The fraction of sp³-hybridized carbons (Fsp3) is 0.200. The van der Waals surface area contributed by atoms with E-state index >= 15 is 0 Å². The molecule has 4 aromatic carbocycles. The number of amides is 2. The van der Waals surface area contributed by atoms with E-state index in [0.717, 1.165) is 46.4 Å². The molecule has 5 aromatic rings. The van der Waals surface area contributed by atoms with Gasteiger partial charge in [0.2, 0.25) is 5.91 Å². The minimum absolute atomic E-state index is 0.0133. The average molecular weight is 541 g/mol. The van der Waals surface area contributed by atoms with Crippen LogP contribution in [0.25, 0.3) is 22.2 Å². The van der Waals surface area contributed by atoms with E-state index in [4.69, 9.17) is 0 Å². The largest absolute Gasteiger partial charge is 0.368 e. The summed E-state index contributed by atoms with van der Waals surface area (Å²) in [5, 5.41) is 1.06. The number of hydrogen-bond acceptors (Lipinski definition) is 3. The summed E-state index contributed by atoms with van der Waals surface area (Å²) in [4.78, 5) is 37.3. The van der Waals surface area contributed by atoms with Gasteiger partial charge in [-0.2, -0.15) is 0 Å². The normalized spacial score (nSPS) is 16.9. The van der Waals surface area contributed by atoms with Crippen molar-refractivity contribution in [3.8, 4) is 11.3 Å². The smallest absolute Gasteiger partial charge is 0.255 e. The number of para-hydroxylation sites is 2. The Morgan fingerprint density at radius 3 is 2.27 bits per heavy atom. The molecule has 1 saturated heterocycles. The minimum Gasteiger partial charge on any atom is -0.368 e. The Labute approximate surface area is 239 Å². The Morgan fingerprint density at radius 2 is 1.49 bits per heavy atom. The standard InChI is InChI=1S/C35H32N4O2/c1-24-15-17-25(18-16-24)33-32(29-13-7-8-14-30(29)36-33)34-27-11-5-6-12-28(27)35(41)39(34)23-31(40)38-21-19-37(20-22-38)26-9-3-2-4-10-26/h2-18,34,36H,19-23H2,1H3. The minimum atomic E-state index is -0.374. The summed E-state index contributed by atoms with van der Waals surface area (Å²) in [7, 11) is 0. The van der Waals surface area contributed by atoms with Crippen molar-refractivity contribution < 1.29 is 9.59 Å². The van der Waals surface area contributed by atoms with Crippen LogP contribution in [0, 0.1) is 6.92 Å². The first-order valence-electron chi connectivity index (χ1n) is 14.2. The van der Waals surface area contributed by atoms with Crippen molar-refractivity contribution >= 4 is 28.4 Å². The van der Waals surface area contributed by atoms with E-state index < -0.39 is 0 Å². The summed E-state index contributed by atoms with van der Waals surface area (Å²) in [5.74, 6) is -0.109. The summed E-state index contributed by atoms with van der Waals surface area (Å²) in [6, 6.07) is 34.4.